The van der Waals surface area contributed by atoms with Gasteiger partial charge in [-0.1, -0.05) is 28.5 Å². The molecule has 0 radical (unpaired) electrons. The molecule has 4 aromatic heterocycles. The molecule has 0 spiro atoms. The van der Waals surface area contributed by atoms with E-state index in [4.69, 9.17) is 17.9 Å². The Bertz CT molecular complexity index is 1050. The number of hydrogen-bond acceptors (Lipinski definition) is 8. The van der Waals surface area contributed by atoms with E-state index < -0.39 is 0 Å². The van der Waals surface area contributed by atoms with E-state index in [1.165, 1.54) is 0 Å². The molecule has 0 saturated heterocycles. The third-order valence-electron chi connectivity index (χ3n) is 3.69. The van der Waals surface area contributed by atoms with Crippen LogP contribution < -0.4 is 0 Å². The number of hydrogen-bond donors (Lipinski definition) is 0. The van der Waals surface area contributed by atoms with Crippen molar-refractivity contribution in [1.82, 2.24) is 20.3 Å². The van der Waals surface area contributed by atoms with Crippen LogP contribution in [0.5, 0.6) is 0 Å². The summed E-state index contributed by atoms with van der Waals surface area (Å²) in [5.41, 5.74) is 1.52. The maximum atomic E-state index is 5.26. The van der Waals surface area contributed by atoms with Crippen LogP contribution in [0.2, 0.25) is 0 Å². The SMILES string of the molecule is c1cc(-c2noc(-c3ccco3)n2)cc(-c2noc(-c3ccco3)n2)c1. The lowest BCUT2D eigenvalue weighted by Gasteiger charge is -1.97. The van der Waals surface area contributed by atoms with Crippen LogP contribution in [0.25, 0.3) is 46.1 Å². The second kappa shape index (κ2) is 5.85. The number of nitrogens with zero attached hydrogens (tertiary/aromatic N) is 4. The Hall–Kier alpha value is -3.94. The molecule has 26 heavy (non-hydrogen) atoms. The fourth-order valence-corrected chi connectivity index (χ4v) is 2.48. The standard InChI is InChI=1S/C18H10N4O4/c1-4-11(15-19-17(25-21-15)13-6-2-8-23-13)10-12(5-1)16-20-18(26-22-16)14-7-3-9-24-14/h1-10H. The minimum absolute atomic E-state index is 0.315. The number of benzene rings is 1. The third kappa shape index (κ3) is 2.49. The molecule has 0 bridgehead atoms. The van der Waals surface area contributed by atoms with Gasteiger partial charge in [-0.2, -0.15) is 9.97 Å². The first-order valence-electron chi connectivity index (χ1n) is 7.73. The Morgan fingerprint density at radius 2 is 1.15 bits per heavy atom. The van der Waals surface area contributed by atoms with Crippen LogP contribution in [0.3, 0.4) is 0 Å². The summed E-state index contributed by atoms with van der Waals surface area (Å²) in [7, 11) is 0. The Morgan fingerprint density at radius 1 is 0.615 bits per heavy atom. The minimum atomic E-state index is 0.315. The molecule has 8 nitrogen and oxygen atoms in total. The van der Waals surface area contributed by atoms with Gasteiger partial charge in [0, 0.05) is 11.1 Å². The summed E-state index contributed by atoms with van der Waals surface area (Å²) < 4.78 is 21.0. The largest absolute Gasteiger partial charge is 0.459 e. The molecule has 8 heteroatoms. The van der Waals surface area contributed by atoms with Crippen molar-refractivity contribution in [1.29, 1.82) is 0 Å². The molecule has 0 amide bonds. The normalized spacial score (nSPS) is 11.1. The van der Waals surface area contributed by atoms with Crippen LogP contribution in [0.4, 0.5) is 0 Å². The fraction of sp³-hybridized carbons (Fsp3) is 0. The van der Waals surface area contributed by atoms with Gasteiger partial charge < -0.3 is 17.9 Å². The van der Waals surface area contributed by atoms with Crippen molar-refractivity contribution in [2.75, 3.05) is 0 Å². The number of furan rings is 2. The highest BCUT2D eigenvalue weighted by molar-refractivity contribution is 5.67. The summed E-state index contributed by atoms with van der Waals surface area (Å²) in [6, 6.07) is 14.5. The van der Waals surface area contributed by atoms with Gasteiger partial charge in [0.15, 0.2) is 11.5 Å². The molecular weight excluding hydrogens is 336 g/mol. The first-order chi connectivity index (χ1) is 12.9. The Balaban J connectivity index is 1.48. The van der Waals surface area contributed by atoms with Gasteiger partial charge in [0.25, 0.3) is 11.8 Å². The minimum Gasteiger partial charge on any atom is -0.459 e. The predicted octanol–water partition coefficient (Wildman–Crippen LogP) is 4.31. The van der Waals surface area contributed by atoms with Crippen LogP contribution >= 0.6 is 0 Å². The van der Waals surface area contributed by atoms with Gasteiger partial charge in [-0.05, 0) is 30.3 Å². The first-order valence-corrected chi connectivity index (χ1v) is 7.73. The van der Waals surface area contributed by atoms with Gasteiger partial charge in [0.2, 0.25) is 11.6 Å². The smallest absolute Gasteiger partial charge is 0.293 e. The molecule has 5 aromatic rings. The van der Waals surface area contributed by atoms with Crippen molar-refractivity contribution < 1.29 is 17.9 Å². The van der Waals surface area contributed by atoms with Crippen LogP contribution in [-0.2, 0) is 0 Å². The Labute approximate surface area is 146 Å². The predicted molar refractivity (Wildman–Crippen MR) is 88.4 cm³/mol. The summed E-state index contributed by atoms with van der Waals surface area (Å²) in [5, 5.41) is 8.00. The molecule has 0 unspecified atom stereocenters. The van der Waals surface area contributed by atoms with Crippen molar-refractivity contribution in [3.05, 3.63) is 61.1 Å². The van der Waals surface area contributed by atoms with Gasteiger partial charge in [-0.25, -0.2) is 0 Å². The van der Waals surface area contributed by atoms with E-state index >= 15 is 0 Å². The highest BCUT2D eigenvalue weighted by Crippen LogP contribution is 2.27. The van der Waals surface area contributed by atoms with Gasteiger partial charge in [0.05, 0.1) is 12.5 Å². The van der Waals surface area contributed by atoms with Crippen molar-refractivity contribution in [3.8, 4) is 46.1 Å². The highest BCUT2D eigenvalue weighted by atomic mass is 16.5. The lowest BCUT2D eigenvalue weighted by atomic mass is 10.1. The van der Waals surface area contributed by atoms with Gasteiger partial charge in [0.1, 0.15) is 0 Å². The van der Waals surface area contributed by atoms with Gasteiger partial charge in [-0.3, -0.25) is 0 Å². The molecule has 5 rings (SSSR count). The van der Waals surface area contributed by atoms with E-state index in [2.05, 4.69) is 20.3 Å². The molecule has 126 valence electrons. The zero-order chi connectivity index (χ0) is 17.3. The molecule has 1 aromatic carbocycles. The van der Waals surface area contributed by atoms with E-state index in [1.807, 2.05) is 24.3 Å². The second-order valence-corrected chi connectivity index (χ2v) is 5.38. The number of rotatable bonds is 4. The van der Waals surface area contributed by atoms with E-state index in [1.54, 1.807) is 36.8 Å². The highest BCUT2D eigenvalue weighted by Gasteiger charge is 2.16. The van der Waals surface area contributed by atoms with Crippen molar-refractivity contribution in [2.24, 2.45) is 0 Å². The lowest BCUT2D eigenvalue weighted by Crippen LogP contribution is -1.85. The summed E-state index contributed by atoms with van der Waals surface area (Å²) in [6.07, 6.45) is 3.10. The first kappa shape index (κ1) is 14.4. The van der Waals surface area contributed by atoms with E-state index in [0.717, 1.165) is 11.1 Å². The summed E-state index contributed by atoms with van der Waals surface area (Å²) in [5.74, 6) is 2.54. The molecule has 0 fully saturated rings. The lowest BCUT2D eigenvalue weighted by molar-refractivity contribution is 0.416. The quantitative estimate of drug-likeness (QED) is 0.474. The molecule has 0 atom stereocenters. The number of aromatic nitrogens is 4. The van der Waals surface area contributed by atoms with Crippen LogP contribution in [0, 0.1) is 0 Å². The second-order valence-electron chi connectivity index (χ2n) is 5.38. The summed E-state index contributed by atoms with van der Waals surface area (Å²) in [6.45, 7) is 0. The maximum absolute atomic E-state index is 5.26. The van der Waals surface area contributed by atoms with E-state index in [9.17, 15) is 0 Å². The fourth-order valence-electron chi connectivity index (χ4n) is 2.48. The molecular formula is C18H10N4O4. The molecule has 4 heterocycles. The molecule has 0 aliphatic rings. The molecule has 0 aliphatic carbocycles. The third-order valence-corrected chi connectivity index (χ3v) is 3.69. The van der Waals surface area contributed by atoms with Crippen LogP contribution in [0.1, 0.15) is 0 Å². The van der Waals surface area contributed by atoms with E-state index in [0.29, 0.717) is 35.0 Å². The average Bonchev–Trinajstić information content (AvgIpc) is 3.49. The average molecular weight is 346 g/mol. The maximum Gasteiger partial charge on any atom is 0.293 e. The topological polar surface area (TPSA) is 104 Å². The molecule has 0 saturated carbocycles. The monoisotopic (exact) mass is 346 g/mol. The molecule has 0 N–H and O–H groups in total. The van der Waals surface area contributed by atoms with E-state index in [-0.39, 0.29) is 0 Å². The van der Waals surface area contributed by atoms with Crippen LogP contribution in [0.15, 0.2) is 78.9 Å². The summed E-state index contributed by atoms with van der Waals surface area (Å²) in [4.78, 5) is 8.71. The van der Waals surface area contributed by atoms with Crippen LogP contribution in [-0.4, -0.2) is 20.3 Å². The zero-order valence-electron chi connectivity index (χ0n) is 13.2. The van der Waals surface area contributed by atoms with Crippen molar-refractivity contribution in [3.63, 3.8) is 0 Å². The van der Waals surface area contributed by atoms with Crippen molar-refractivity contribution in [2.45, 2.75) is 0 Å². The Kier molecular flexibility index (Phi) is 3.24. The zero-order valence-corrected chi connectivity index (χ0v) is 13.2. The Morgan fingerprint density at radius 3 is 1.62 bits per heavy atom. The van der Waals surface area contributed by atoms with Crippen molar-refractivity contribution >= 4 is 0 Å². The summed E-state index contributed by atoms with van der Waals surface area (Å²) >= 11 is 0. The van der Waals surface area contributed by atoms with Gasteiger partial charge >= 0.3 is 0 Å². The van der Waals surface area contributed by atoms with Gasteiger partial charge in [-0.15, -0.1) is 0 Å². The molecule has 0 aliphatic heterocycles.